The number of nitrogens with zero attached hydrogens (tertiary/aromatic N) is 1. The van der Waals surface area contributed by atoms with Gasteiger partial charge in [0.05, 0.1) is 11.3 Å². The standard InChI is InChI=1S/C6H8N4O/c1-3-2-4(5(7)8)6(11)10-9-3/h2H,1H3,(H3,7,8)(H,10,11). The number of rotatable bonds is 1. The van der Waals surface area contributed by atoms with Crippen LogP contribution in [0.25, 0.3) is 0 Å². The first-order valence-corrected chi connectivity index (χ1v) is 3.02. The molecule has 0 amide bonds. The van der Waals surface area contributed by atoms with E-state index in [1.807, 2.05) is 0 Å². The molecule has 0 aliphatic heterocycles. The molecule has 58 valence electrons. The van der Waals surface area contributed by atoms with Crippen LogP contribution in [0.2, 0.25) is 0 Å². The van der Waals surface area contributed by atoms with Crippen molar-refractivity contribution >= 4 is 5.84 Å². The fraction of sp³-hybridized carbons (Fsp3) is 0.167. The maximum atomic E-state index is 10.9. The summed E-state index contributed by atoms with van der Waals surface area (Å²) in [5.74, 6) is -0.239. The molecule has 5 heteroatoms. The second-order valence-electron chi connectivity index (χ2n) is 2.17. The molecule has 1 aromatic rings. The maximum Gasteiger partial charge on any atom is 0.275 e. The van der Waals surface area contributed by atoms with Crippen molar-refractivity contribution in [2.45, 2.75) is 6.92 Å². The van der Waals surface area contributed by atoms with Crippen molar-refractivity contribution in [2.24, 2.45) is 5.73 Å². The Bertz CT molecular complexity index is 341. The number of aromatic amines is 1. The lowest BCUT2D eigenvalue weighted by Gasteiger charge is -1.95. The van der Waals surface area contributed by atoms with Crippen LogP contribution in [0, 0.1) is 12.3 Å². The Morgan fingerprint density at radius 3 is 2.91 bits per heavy atom. The Kier molecular flexibility index (Phi) is 1.72. The van der Waals surface area contributed by atoms with Crippen LogP contribution in [0.4, 0.5) is 0 Å². The van der Waals surface area contributed by atoms with Gasteiger partial charge in [-0.05, 0) is 13.0 Å². The molecule has 0 saturated carbocycles. The van der Waals surface area contributed by atoms with Gasteiger partial charge < -0.3 is 5.73 Å². The molecule has 0 fully saturated rings. The molecule has 1 rings (SSSR count). The van der Waals surface area contributed by atoms with Gasteiger partial charge in [-0.2, -0.15) is 5.10 Å². The van der Waals surface area contributed by atoms with E-state index in [9.17, 15) is 4.79 Å². The van der Waals surface area contributed by atoms with Crippen LogP contribution in [0.1, 0.15) is 11.3 Å². The van der Waals surface area contributed by atoms with Gasteiger partial charge in [-0.15, -0.1) is 0 Å². The molecule has 5 nitrogen and oxygen atoms in total. The molecule has 0 aliphatic carbocycles. The molecule has 1 aromatic heterocycles. The lowest BCUT2D eigenvalue weighted by molar-refractivity contribution is 0.940. The fourth-order valence-corrected chi connectivity index (χ4v) is 0.706. The highest BCUT2D eigenvalue weighted by Crippen LogP contribution is 1.90. The van der Waals surface area contributed by atoms with Crippen LogP contribution in [0.15, 0.2) is 10.9 Å². The first-order chi connectivity index (χ1) is 5.11. The van der Waals surface area contributed by atoms with Crippen molar-refractivity contribution in [1.82, 2.24) is 10.2 Å². The molecule has 4 N–H and O–H groups in total. The van der Waals surface area contributed by atoms with Gasteiger partial charge in [0.1, 0.15) is 5.84 Å². The molecule has 0 atom stereocenters. The third kappa shape index (κ3) is 1.43. The molecule has 0 aromatic carbocycles. The third-order valence-electron chi connectivity index (χ3n) is 1.22. The summed E-state index contributed by atoms with van der Waals surface area (Å²) >= 11 is 0. The summed E-state index contributed by atoms with van der Waals surface area (Å²) in [4.78, 5) is 10.9. The number of aromatic nitrogens is 2. The number of H-pyrrole nitrogens is 1. The highest BCUT2D eigenvalue weighted by molar-refractivity contribution is 5.94. The van der Waals surface area contributed by atoms with E-state index in [2.05, 4.69) is 10.2 Å². The highest BCUT2D eigenvalue weighted by atomic mass is 16.1. The molecule has 0 radical (unpaired) electrons. The first kappa shape index (κ1) is 7.46. The highest BCUT2D eigenvalue weighted by Gasteiger charge is 2.02. The van der Waals surface area contributed by atoms with E-state index in [0.29, 0.717) is 5.69 Å². The number of hydrogen-bond acceptors (Lipinski definition) is 3. The van der Waals surface area contributed by atoms with Gasteiger partial charge in [0.15, 0.2) is 0 Å². The summed E-state index contributed by atoms with van der Waals surface area (Å²) in [6.07, 6.45) is 0. The maximum absolute atomic E-state index is 10.9. The molecule has 0 spiro atoms. The van der Waals surface area contributed by atoms with E-state index < -0.39 is 5.56 Å². The largest absolute Gasteiger partial charge is 0.384 e. The van der Waals surface area contributed by atoms with Crippen LogP contribution >= 0.6 is 0 Å². The monoisotopic (exact) mass is 152 g/mol. The minimum absolute atomic E-state index is 0.164. The smallest absolute Gasteiger partial charge is 0.275 e. The van der Waals surface area contributed by atoms with Crippen molar-refractivity contribution < 1.29 is 0 Å². The summed E-state index contributed by atoms with van der Waals surface area (Å²) in [5.41, 5.74) is 5.49. The van der Waals surface area contributed by atoms with Gasteiger partial charge in [-0.1, -0.05) is 0 Å². The molecule has 0 saturated heterocycles. The zero-order valence-electron chi connectivity index (χ0n) is 6.01. The minimum Gasteiger partial charge on any atom is -0.384 e. The van der Waals surface area contributed by atoms with E-state index in [4.69, 9.17) is 11.1 Å². The zero-order chi connectivity index (χ0) is 8.43. The van der Waals surface area contributed by atoms with Crippen molar-refractivity contribution in [3.05, 3.63) is 27.7 Å². The van der Waals surface area contributed by atoms with Gasteiger partial charge >= 0.3 is 0 Å². The summed E-state index contributed by atoms with van der Waals surface area (Å²) in [5, 5.41) is 12.9. The quantitative estimate of drug-likeness (QED) is 0.369. The molecular weight excluding hydrogens is 144 g/mol. The van der Waals surface area contributed by atoms with Gasteiger partial charge in [0.2, 0.25) is 0 Å². The molecular formula is C6H8N4O. The van der Waals surface area contributed by atoms with Gasteiger partial charge in [-0.25, -0.2) is 5.10 Å². The molecule has 1 heterocycles. The van der Waals surface area contributed by atoms with Crippen LogP contribution in [-0.4, -0.2) is 16.0 Å². The van der Waals surface area contributed by atoms with E-state index in [1.54, 1.807) is 6.92 Å². The lowest BCUT2D eigenvalue weighted by atomic mass is 10.2. The topological polar surface area (TPSA) is 95.6 Å². The Morgan fingerprint density at radius 1 is 1.82 bits per heavy atom. The Morgan fingerprint density at radius 2 is 2.45 bits per heavy atom. The normalized spacial score (nSPS) is 9.55. The van der Waals surface area contributed by atoms with Gasteiger partial charge in [0, 0.05) is 0 Å². The number of nitrogens with one attached hydrogen (secondary N) is 2. The van der Waals surface area contributed by atoms with Crippen LogP contribution in [-0.2, 0) is 0 Å². The molecule has 0 unspecified atom stereocenters. The minimum atomic E-state index is -0.428. The summed E-state index contributed by atoms with van der Waals surface area (Å²) in [7, 11) is 0. The Balaban J connectivity index is 3.35. The number of hydrogen-bond donors (Lipinski definition) is 3. The Labute approximate surface area is 62.8 Å². The van der Waals surface area contributed by atoms with E-state index in [0.717, 1.165) is 0 Å². The predicted molar refractivity (Wildman–Crippen MR) is 40.6 cm³/mol. The summed E-state index contributed by atoms with van der Waals surface area (Å²) < 4.78 is 0. The molecule has 0 bridgehead atoms. The van der Waals surface area contributed by atoms with Gasteiger partial charge in [0.25, 0.3) is 5.56 Å². The van der Waals surface area contributed by atoms with Crippen molar-refractivity contribution in [3.63, 3.8) is 0 Å². The van der Waals surface area contributed by atoms with Crippen molar-refractivity contribution in [3.8, 4) is 0 Å². The van der Waals surface area contributed by atoms with Crippen LogP contribution < -0.4 is 11.3 Å². The summed E-state index contributed by atoms with van der Waals surface area (Å²) in [6, 6.07) is 1.47. The van der Waals surface area contributed by atoms with E-state index >= 15 is 0 Å². The average Bonchev–Trinajstić information content (AvgIpc) is 1.94. The van der Waals surface area contributed by atoms with Gasteiger partial charge in [-0.3, -0.25) is 10.2 Å². The van der Waals surface area contributed by atoms with E-state index in [-0.39, 0.29) is 11.4 Å². The van der Waals surface area contributed by atoms with Crippen LogP contribution in [0.3, 0.4) is 0 Å². The lowest BCUT2D eigenvalue weighted by Crippen LogP contribution is -2.24. The third-order valence-corrected chi connectivity index (χ3v) is 1.22. The Hall–Kier alpha value is -1.65. The number of nitrogen functional groups attached to an aromatic ring is 1. The second-order valence-corrected chi connectivity index (χ2v) is 2.17. The van der Waals surface area contributed by atoms with Crippen molar-refractivity contribution in [1.29, 1.82) is 5.41 Å². The molecule has 0 aliphatic rings. The molecule has 11 heavy (non-hydrogen) atoms. The average molecular weight is 152 g/mol. The number of nitrogens with two attached hydrogens (primary N) is 1. The predicted octanol–water partition coefficient (Wildman–Crippen LogP) is -0.638. The SMILES string of the molecule is Cc1cc(C(=N)N)c(=O)[nH]n1. The zero-order valence-corrected chi connectivity index (χ0v) is 6.01. The van der Waals surface area contributed by atoms with Crippen molar-refractivity contribution in [2.75, 3.05) is 0 Å². The first-order valence-electron chi connectivity index (χ1n) is 3.02. The van der Waals surface area contributed by atoms with E-state index in [1.165, 1.54) is 6.07 Å². The summed E-state index contributed by atoms with van der Waals surface area (Å²) in [6.45, 7) is 1.71. The van der Waals surface area contributed by atoms with Crippen LogP contribution in [0.5, 0.6) is 0 Å². The number of aryl methyl sites for hydroxylation is 1. The second kappa shape index (κ2) is 2.53. The fourth-order valence-electron chi connectivity index (χ4n) is 0.706. The number of amidine groups is 1.